The Balaban J connectivity index is 0.000000413. The van der Waals surface area contributed by atoms with Crippen molar-refractivity contribution in [2.75, 3.05) is 46.1 Å². The molecular formula is C17H33N3O2. The fourth-order valence-corrected chi connectivity index (χ4v) is 3.06. The van der Waals surface area contributed by atoms with Gasteiger partial charge in [-0.05, 0) is 51.1 Å². The predicted molar refractivity (Wildman–Crippen MR) is 94.6 cm³/mol. The van der Waals surface area contributed by atoms with Gasteiger partial charge in [-0.15, -0.1) is 0 Å². The van der Waals surface area contributed by atoms with Gasteiger partial charge in [0.1, 0.15) is 5.75 Å². The van der Waals surface area contributed by atoms with Crippen molar-refractivity contribution >= 4 is 5.69 Å². The Hall–Kier alpha value is -1.30. The first-order chi connectivity index (χ1) is 10.6. The van der Waals surface area contributed by atoms with E-state index in [4.69, 9.17) is 15.2 Å². The Morgan fingerprint density at radius 3 is 3.00 bits per heavy atom. The maximum Gasteiger partial charge on any atom is 0.142 e. The van der Waals surface area contributed by atoms with Crippen LogP contribution in [0, 0.1) is 6.92 Å². The SMILES string of the molecule is CNC[C@@H]1CN2CCC[C@H]2CO1.COc1cc(C)ccc1N.[HH].[HH]. The lowest BCUT2D eigenvalue weighted by atomic mass is 10.2. The topological polar surface area (TPSA) is 59.8 Å². The van der Waals surface area contributed by atoms with Crippen molar-refractivity contribution in [2.24, 2.45) is 0 Å². The molecule has 0 amide bonds. The van der Waals surface area contributed by atoms with Crippen LogP contribution in [0.1, 0.15) is 21.3 Å². The first-order valence-electron chi connectivity index (χ1n) is 8.04. The molecule has 0 radical (unpaired) electrons. The number of fused-ring (bicyclic) bond motifs is 1. The van der Waals surface area contributed by atoms with Crippen molar-refractivity contribution in [1.82, 2.24) is 10.2 Å². The summed E-state index contributed by atoms with van der Waals surface area (Å²) in [4.78, 5) is 2.57. The number of benzene rings is 1. The molecule has 2 fully saturated rings. The lowest BCUT2D eigenvalue weighted by Crippen LogP contribution is -2.48. The fourth-order valence-electron chi connectivity index (χ4n) is 3.06. The van der Waals surface area contributed by atoms with Gasteiger partial charge >= 0.3 is 0 Å². The Kier molecular flexibility index (Phi) is 6.49. The maximum absolute atomic E-state index is 5.73. The van der Waals surface area contributed by atoms with Crippen molar-refractivity contribution in [3.63, 3.8) is 0 Å². The molecule has 5 nitrogen and oxygen atoms in total. The standard InChI is InChI=1S/C9H18N2O.C8H11NO.2H2/c1-10-5-9-6-11-4-2-3-8(11)7-12-9;1-6-3-4-7(9)8(5-6)10-2;;/h8-10H,2-7H2,1H3;3-5H,9H2,1-2H3;2*1H/t8-,9+;;;/m0.../s1. The van der Waals surface area contributed by atoms with E-state index < -0.39 is 0 Å². The van der Waals surface area contributed by atoms with Gasteiger partial charge in [-0.3, -0.25) is 4.90 Å². The summed E-state index contributed by atoms with van der Waals surface area (Å²) >= 11 is 0. The third kappa shape index (κ3) is 4.60. The van der Waals surface area contributed by atoms with Gasteiger partial charge in [0.2, 0.25) is 0 Å². The number of methoxy groups -OCH3 is 1. The monoisotopic (exact) mass is 311 g/mol. The minimum atomic E-state index is 0. The van der Waals surface area contributed by atoms with E-state index in [2.05, 4.69) is 10.2 Å². The quantitative estimate of drug-likeness (QED) is 0.838. The highest BCUT2D eigenvalue weighted by Gasteiger charge is 2.31. The van der Waals surface area contributed by atoms with Crippen molar-refractivity contribution in [2.45, 2.75) is 31.9 Å². The summed E-state index contributed by atoms with van der Waals surface area (Å²) in [5, 5.41) is 3.17. The zero-order valence-electron chi connectivity index (χ0n) is 14.0. The molecule has 0 aromatic heterocycles. The molecule has 0 aliphatic carbocycles. The van der Waals surface area contributed by atoms with Crippen molar-refractivity contribution in [3.05, 3.63) is 23.8 Å². The minimum absolute atomic E-state index is 0. The van der Waals surface area contributed by atoms with Crippen molar-refractivity contribution < 1.29 is 12.3 Å². The van der Waals surface area contributed by atoms with Gasteiger partial charge in [0, 0.05) is 22.0 Å². The van der Waals surface area contributed by atoms with Gasteiger partial charge in [0.15, 0.2) is 0 Å². The highest BCUT2D eigenvalue weighted by Crippen LogP contribution is 2.22. The zero-order chi connectivity index (χ0) is 15.9. The molecule has 0 bridgehead atoms. The van der Waals surface area contributed by atoms with Crippen LogP contribution in [0.3, 0.4) is 0 Å². The second-order valence-electron chi connectivity index (χ2n) is 6.05. The number of hydrogen-bond acceptors (Lipinski definition) is 5. The molecule has 0 saturated carbocycles. The molecule has 0 unspecified atom stereocenters. The summed E-state index contributed by atoms with van der Waals surface area (Å²) in [7, 11) is 3.60. The molecule has 3 N–H and O–H groups in total. The molecule has 2 atom stereocenters. The lowest BCUT2D eigenvalue weighted by molar-refractivity contribution is -0.0462. The van der Waals surface area contributed by atoms with Crippen molar-refractivity contribution in [1.29, 1.82) is 0 Å². The van der Waals surface area contributed by atoms with E-state index in [0.717, 1.165) is 37.1 Å². The smallest absolute Gasteiger partial charge is 0.142 e. The number of nitrogens with zero attached hydrogens (tertiary/aromatic N) is 1. The summed E-state index contributed by atoms with van der Waals surface area (Å²) in [5.41, 5.74) is 7.42. The van der Waals surface area contributed by atoms with E-state index in [-0.39, 0.29) is 2.85 Å². The lowest BCUT2D eigenvalue weighted by Gasteiger charge is -2.35. The number of ether oxygens (including phenoxy) is 2. The van der Waals surface area contributed by atoms with Gasteiger partial charge in [0.25, 0.3) is 0 Å². The number of morpholine rings is 1. The van der Waals surface area contributed by atoms with Crippen molar-refractivity contribution in [3.8, 4) is 5.75 Å². The van der Waals surface area contributed by atoms with E-state index in [9.17, 15) is 0 Å². The molecular weight excluding hydrogens is 278 g/mol. The Bertz CT molecular complexity index is 477. The maximum atomic E-state index is 5.73. The number of nitrogens with two attached hydrogens (primary N) is 1. The van der Waals surface area contributed by atoms with Gasteiger partial charge in [0.05, 0.1) is 25.5 Å². The van der Waals surface area contributed by atoms with Crippen LogP contribution in [0.4, 0.5) is 5.69 Å². The number of aryl methyl sites for hydroxylation is 1. The van der Waals surface area contributed by atoms with Gasteiger partial charge in [-0.25, -0.2) is 0 Å². The van der Waals surface area contributed by atoms with Gasteiger partial charge in [-0.2, -0.15) is 0 Å². The molecule has 2 aliphatic heterocycles. The average molecular weight is 311 g/mol. The summed E-state index contributed by atoms with van der Waals surface area (Å²) in [5.74, 6) is 0.750. The highest BCUT2D eigenvalue weighted by molar-refractivity contribution is 5.53. The molecule has 0 spiro atoms. The first kappa shape index (κ1) is 17.1. The third-order valence-electron chi connectivity index (χ3n) is 4.28. The molecule has 2 aliphatic rings. The normalized spacial score (nSPS) is 24.3. The van der Waals surface area contributed by atoms with Crippen LogP contribution >= 0.6 is 0 Å². The number of rotatable bonds is 3. The van der Waals surface area contributed by atoms with Crippen LogP contribution in [0.5, 0.6) is 5.75 Å². The number of likely N-dealkylation sites (N-methyl/N-ethyl adjacent to an activating group) is 1. The molecule has 128 valence electrons. The molecule has 3 rings (SSSR count). The van der Waals surface area contributed by atoms with E-state index >= 15 is 0 Å². The number of anilines is 1. The van der Waals surface area contributed by atoms with E-state index in [1.807, 2.05) is 32.2 Å². The molecule has 5 heteroatoms. The Morgan fingerprint density at radius 1 is 1.50 bits per heavy atom. The predicted octanol–water partition coefficient (Wildman–Crippen LogP) is 2.15. The van der Waals surface area contributed by atoms with E-state index in [1.54, 1.807) is 7.11 Å². The summed E-state index contributed by atoms with van der Waals surface area (Å²) in [6.07, 6.45) is 3.12. The average Bonchev–Trinajstić information content (AvgIpc) is 2.98. The van der Waals surface area contributed by atoms with Crippen LogP contribution in [-0.4, -0.2) is 57.4 Å². The van der Waals surface area contributed by atoms with Crippen LogP contribution in [-0.2, 0) is 4.74 Å². The second-order valence-corrected chi connectivity index (χ2v) is 6.05. The first-order valence-corrected chi connectivity index (χ1v) is 8.04. The summed E-state index contributed by atoms with van der Waals surface area (Å²) in [6.45, 7) is 6.36. The molecule has 2 saturated heterocycles. The number of nitrogens with one attached hydrogen (secondary N) is 1. The van der Waals surface area contributed by atoms with Crippen LogP contribution in [0.25, 0.3) is 0 Å². The molecule has 1 aromatic rings. The molecule has 2 heterocycles. The summed E-state index contributed by atoms with van der Waals surface area (Å²) in [6, 6.07) is 6.44. The summed E-state index contributed by atoms with van der Waals surface area (Å²) < 4.78 is 10.7. The Labute approximate surface area is 136 Å². The molecule has 22 heavy (non-hydrogen) atoms. The van der Waals surface area contributed by atoms with E-state index in [0.29, 0.717) is 11.8 Å². The van der Waals surface area contributed by atoms with Gasteiger partial charge < -0.3 is 20.5 Å². The van der Waals surface area contributed by atoms with Gasteiger partial charge in [-0.1, -0.05) is 6.07 Å². The van der Waals surface area contributed by atoms with E-state index in [1.165, 1.54) is 19.4 Å². The van der Waals surface area contributed by atoms with Crippen LogP contribution < -0.4 is 15.8 Å². The third-order valence-corrected chi connectivity index (χ3v) is 4.28. The Morgan fingerprint density at radius 2 is 2.32 bits per heavy atom. The molecule has 1 aromatic carbocycles. The van der Waals surface area contributed by atoms with Crippen LogP contribution in [0.2, 0.25) is 0 Å². The van der Waals surface area contributed by atoms with Crippen LogP contribution in [0.15, 0.2) is 18.2 Å². The number of hydrogen-bond donors (Lipinski definition) is 2. The fraction of sp³-hybridized carbons (Fsp3) is 0.647. The minimum Gasteiger partial charge on any atom is -0.495 e. The zero-order valence-corrected chi connectivity index (χ0v) is 14.0. The number of nitrogen functional groups attached to an aromatic ring is 1. The second kappa shape index (κ2) is 8.36. The largest absolute Gasteiger partial charge is 0.495 e. The highest BCUT2D eigenvalue weighted by atomic mass is 16.5.